The molecule has 0 amide bonds. The van der Waals surface area contributed by atoms with E-state index >= 15 is 0 Å². The zero-order valence-corrected chi connectivity index (χ0v) is 8.03. The first kappa shape index (κ1) is 9.53. The van der Waals surface area contributed by atoms with Gasteiger partial charge in [0.15, 0.2) is 0 Å². The van der Waals surface area contributed by atoms with Crippen LogP contribution in [0.4, 0.5) is 0 Å². The van der Waals surface area contributed by atoms with Crippen molar-refractivity contribution in [3.63, 3.8) is 0 Å². The van der Waals surface area contributed by atoms with Gasteiger partial charge in [0, 0.05) is 6.20 Å². The predicted octanol–water partition coefficient (Wildman–Crippen LogP) is 2.05. The van der Waals surface area contributed by atoms with Gasteiger partial charge in [-0.25, -0.2) is 4.98 Å². The molecule has 1 rings (SSSR count). The van der Waals surface area contributed by atoms with E-state index in [-0.39, 0.29) is 6.10 Å². The molecule has 3 heteroatoms. The second-order valence-electron chi connectivity index (χ2n) is 3.09. The molecule has 1 aromatic rings. The number of nitriles is 1. The molecule has 0 aliphatic heterocycles. The molecular formula is C10H12N2O. The summed E-state index contributed by atoms with van der Waals surface area (Å²) in [7, 11) is 0. The lowest BCUT2D eigenvalue weighted by Crippen LogP contribution is -2.08. The van der Waals surface area contributed by atoms with Gasteiger partial charge in [-0.3, -0.25) is 0 Å². The lowest BCUT2D eigenvalue weighted by Gasteiger charge is -2.10. The van der Waals surface area contributed by atoms with Crippen LogP contribution in [0.1, 0.15) is 25.0 Å². The van der Waals surface area contributed by atoms with Crippen LogP contribution >= 0.6 is 0 Å². The lowest BCUT2D eigenvalue weighted by molar-refractivity contribution is 0.231. The molecule has 3 nitrogen and oxygen atoms in total. The van der Waals surface area contributed by atoms with Crippen LogP contribution in [0, 0.1) is 18.3 Å². The SMILES string of the molecule is Cc1ccnc(OC(C)C)c1C#N. The number of ether oxygens (including phenoxy) is 1. The Morgan fingerprint density at radius 2 is 2.23 bits per heavy atom. The summed E-state index contributed by atoms with van der Waals surface area (Å²) in [4.78, 5) is 4.01. The third kappa shape index (κ3) is 2.19. The molecule has 0 spiro atoms. The molecule has 0 aliphatic rings. The summed E-state index contributed by atoms with van der Waals surface area (Å²) in [5.41, 5.74) is 1.42. The summed E-state index contributed by atoms with van der Waals surface area (Å²) in [5.74, 6) is 0.428. The van der Waals surface area contributed by atoms with Gasteiger partial charge < -0.3 is 4.74 Å². The van der Waals surface area contributed by atoms with Crippen molar-refractivity contribution in [3.05, 3.63) is 23.4 Å². The third-order valence-electron chi connectivity index (χ3n) is 1.58. The number of aromatic nitrogens is 1. The van der Waals surface area contributed by atoms with Crippen LogP contribution in [0.5, 0.6) is 5.88 Å². The summed E-state index contributed by atoms with van der Waals surface area (Å²) in [5, 5.41) is 8.84. The fourth-order valence-electron chi connectivity index (χ4n) is 0.982. The lowest BCUT2D eigenvalue weighted by atomic mass is 10.2. The number of rotatable bonds is 2. The molecule has 0 saturated carbocycles. The number of aryl methyl sites for hydroxylation is 1. The van der Waals surface area contributed by atoms with E-state index in [2.05, 4.69) is 11.1 Å². The van der Waals surface area contributed by atoms with Gasteiger partial charge in [-0.05, 0) is 32.4 Å². The first-order valence-corrected chi connectivity index (χ1v) is 4.17. The topological polar surface area (TPSA) is 45.9 Å². The molecule has 0 atom stereocenters. The quantitative estimate of drug-likeness (QED) is 0.692. The summed E-state index contributed by atoms with van der Waals surface area (Å²) >= 11 is 0. The van der Waals surface area contributed by atoms with Gasteiger partial charge in [0.1, 0.15) is 11.6 Å². The molecule has 0 saturated heterocycles. The van der Waals surface area contributed by atoms with E-state index in [1.807, 2.05) is 20.8 Å². The van der Waals surface area contributed by atoms with Gasteiger partial charge >= 0.3 is 0 Å². The summed E-state index contributed by atoms with van der Waals surface area (Å²) in [6.45, 7) is 5.68. The highest BCUT2D eigenvalue weighted by Gasteiger charge is 2.08. The first-order chi connectivity index (χ1) is 6.15. The van der Waals surface area contributed by atoms with Crippen LogP contribution in [0.15, 0.2) is 12.3 Å². The highest BCUT2D eigenvalue weighted by Crippen LogP contribution is 2.18. The van der Waals surface area contributed by atoms with Gasteiger partial charge in [0.05, 0.1) is 6.10 Å². The van der Waals surface area contributed by atoms with E-state index in [1.165, 1.54) is 0 Å². The first-order valence-electron chi connectivity index (χ1n) is 4.17. The Bertz CT molecular complexity index is 339. The fraction of sp³-hybridized carbons (Fsp3) is 0.400. The molecular weight excluding hydrogens is 164 g/mol. The average molecular weight is 176 g/mol. The molecule has 68 valence electrons. The Labute approximate surface area is 78.0 Å². The molecule has 0 fully saturated rings. The van der Waals surface area contributed by atoms with Crippen molar-refractivity contribution in [2.24, 2.45) is 0 Å². The van der Waals surface area contributed by atoms with Crippen LogP contribution in [0.2, 0.25) is 0 Å². The monoisotopic (exact) mass is 176 g/mol. The minimum Gasteiger partial charge on any atom is -0.474 e. The molecule has 0 bridgehead atoms. The zero-order valence-electron chi connectivity index (χ0n) is 8.03. The van der Waals surface area contributed by atoms with Crippen molar-refractivity contribution in [1.82, 2.24) is 4.98 Å². The highest BCUT2D eigenvalue weighted by molar-refractivity contribution is 5.43. The molecule has 1 heterocycles. The molecule has 0 unspecified atom stereocenters. The molecule has 0 radical (unpaired) electrons. The van der Waals surface area contributed by atoms with E-state index in [1.54, 1.807) is 12.3 Å². The van der Waals surface area contributed by atoms with Gasteiger partial charge in [0.25, 0.3) is 0 Å². The number of hydrogen-bond acceptors (Lipinski definition) is 3. The summed E-state index contributed by atoms with van der Waals surface area (Å²) in [6, 6.07) is 3.88. The largest absolute Gasteiger partial charge is 0.474 e. The van der Waals surface area contributed by atoms with Crippen molar-refractivity contribution in [3.8, 4) is 11.9 Å². The maximum atomic E-state index is 8.84. The molecule has 13 heavy (non-hydrogen) atoms. The van der Waals surface area contributed by atoms with Crippen molar-refractivity contribution < 1.29 is 4.74 Å². The van der Waals surface area contributed by atoms with Crippen molar-refractivity contribution >= 4 is 0 Å². The van der Waals surface area contributed by atoms with Gasteiger partial charge in [-0.15, -0.1) is 0 Å². The van der Waals surface area contributed by atoms with Crippen molar-refractivity contribution in [1.29, 1.82) is 5.26 Å². The van der Waals surface area contributed by atoms with Gasteiger partial charge in [-0.2, -0.15) is 5.26 Å². The summed E-state index contributed by atoms with van der Waals surface area (Å²) < 4.78 is 5.38. The fourth-order valence-corrected chi connectivity index (χ4v) is 0.982. The zero-order chi connectivity index (χ0) is 9.84. The minimum absolute atomic E-state index is 0.0430. The number of hydrogen-bond donors (Lipinski definition) is 0. The van der Waals surface area contributed by atoms with E-state index in [0.717, 1.165) is 5.56 Å². The molecule has 0 aliphatic carbocycles. The van der Waals surface area contributed by atoms with E-state index < -0.39 is 0 Å². The third-order valence-corrected chi connectivity index (χ3v) is 1.58. The second kappa shape index (κ2) is 3.90. The van der Waals surface area contributed by atoms with E-state index in [0.29, 0.717) is 11.4 Å². The van der Waals surface area contributed by atoms with Crippen LogP contribution in [-0.4, -0.2) is 11.1 Å². The Morgan fingerprint density at radius 1 is 1.54 bits per heavy atom. The molecule has 1 aromatic heterocycles. The van der Waals surface area contributed by atoms with Crippen molar-refractivity contribution in [2.75, 3.05) is 0 Å². The maximum Gasteiger partial charge on any atom is 0.232 e. The Balaban J connectivity index is 3.07. The van der Waals surface area contributed by atoms with E-state index in [9.17, 15) is 0 Å². The Hall–Kier alpha value is -1.56. The maximum absolute atomic E-state index is 8.84. The predicted molar refractivity (Wildman–Crippen MR) is 49.5 cm³/mol. The van der Waals surface area contributed by atoms with Crippen LogP contribution in [0.25, 0.3) is 0 Å². The standard InChI is InChI=1S/C10H12N2O/c1-7(2)13-10-9(6-11)8(3)4-5-12-10/h4-5,7H,1-3H3. The van der Waals surface area contributed by atoms with Gasteiger partial charge in [0.2, 0.25) is 5.88 Å². The Kier molecular flexibility index (Phi) is 2.86. The summed E-state index contributed by atoms with van der Waals surface area (Å²) in [6.07, 6.45) is 1.69. The Morgan fingerprint density at radius 3 is 2.77 bits per heavy atom. The highest BCUT2D eigenvalue weighted by atomic mass is 16.5. The molecule has 0 N–H and O–H groups in total. The minimum atomic E-state index is 0.0430. The number of pyridine rings is 1. The van der Waals surface area contributed by atoms with E-state index in [4.69, 9.17) is 10.00 Å². The van der Waals surface area contributed by atoms with Crippen molar-refractivity contribution in [2.45, 2.75) is 26.9 Å². The number of nitrogens with zero attached hydrogens (tertiary/aromatic N) is 2. The van der Waals surface area contributed by atoms with Crippen LogP contribution < -0.4 is 4.74 Å². The van der Waals surface area contributed by atoms with Crippen LogP contribution in [-0.2, 0) is 0 Å². The molecule has 0 aromatic carbocycles. The van der Waals surface area contributed by atoms with Crippen LogP contribution in [0.3, 0.4) is 0 Å². The second-order valence-corrected chi connectivity index (χ2v) is 3.09. The van der Waals surface area contributed by atoms with Gasteiger partial charge in [-0.1, -0.05) is 0 Å². The average Bonchev–Trinajstić information content (AvgIpc) is 2.03. The normalized spacial score (nSPS) is 9.77. The smallest absolute Gasteiger partial charge is 0.232 e.